The summed E-state index contributed by atoms with van der Waals surface area (Å²) < 4.78 is 25.8. The molecule has 2 rings (SSSR count). The van der Waals surface area contributed by atoms with Crippen molar-refractivity contribution in [2.45, 2.75) is 39.2 Å². The molecule has 6 nitrogen and oxygen atoms in total. The summed E-state index contributed by atoms with van der Waals surface area (Å²) in [6.45, 7) is 5.36. The highest BCUT2D eigenvalue weighted by atomic mass is 31.2. The molecule has 0 spiro atoms. The summed E-state index contributed by atoms with van der Waals surface area (Å²) in [5.41, 5.74) is 1.08. The lowest BCUT2D eigenvalue weighted by Crippen LogP contribution is -2.11. The van der Waals surface area contributed by atoms with Gasteiger partial charge in [0.25, 0.3) is 0 Å². The maximum absolute atomic E-state index is 12.8. The van der Waals surface area contributed by atoms with Crippen molar-refractivity contribution < 1.29 is 13.6 Å². The molecule has 1 N–H and O–H groups in total. The van der Waals surface area contributed by atoms with E-state index in [0.717, 1.165) is 25.1 Å². The summed E-state index contributed by atoms with van der Waals surface area (Å²) in [4.78, 5) is 7.29. The first-order valence-corrected chi connectivity index (χ1v) is 9.86. The number of aromatic amines is 1. The Kier molecular flexibility index (Phi) is 7.09. The number of hydrogen-bond acceptors (Lipinski definition) is 4. The van der Waals surface area contributed by atoms with Gasteiger partial charge in [-0.15, -0.1) is 0 Å². The summed E-state index contributed by atoms with van der Waals surface area (Å²) in [7, 11) is -3.06. The standard InChI is InChI=1S/C16H26N3O3P/c1-3-21-23(20,22-4-2)13-15(16-8-5-9-18-16)7-6-11-19-12-10-17-14-19/h5,8-10,12,14-15,18H,3-4,6-7,11,13H2,1-2H3. The van der Waals surface area contributed by atoms with Gasteiger partial charge >= 0.3 is 7.60 Å². The molecule has 0 saturated carbocycles. The van der Waals surface area contributed by atoms with E-state index in [9.17, 15) is 4.57 Å². The van der Waals surface area contributed by atoms with Crippen LogP contribution in [0, 0.1) is 0 Å². The van der Waals surface area contributed by atoms with E-state index in [1.54, 1.807) is 6.20 Å². The summed E-state index contributed by atoms with van der Waals surface area (Å²) in [5.74, 6) is 0.123. The molecule has 1 unspecified atom stereocenters. The summed E-state index contributed by atoms with van der Waals surface area (Å²) in [6, 6.07) is 3.99. The second-order valence-electron chi connectivity index (χ2n) is 5.39. The molecule has 2 aromatic heterocycles. The number of nitrogens with one attached hydrogen (secondary N) is 1. The van der Waals surface area contributed by atoms with Crippen LogP contribution in [0.2, 0.25) is 0 Å². The zero-order chi connectivity index (χ0) is 16.5. The van der Waals surface area contributed by atoms with Gasteiger partial charge in [-0.2, -0.15) is 0 Å². The Bertz CT molecular complexity index is 574. The fraction of sp³-hybridized carbons (Fsp3) is 0.562. The van der Waals surface area contributed by atoms with E-state index in [2.05, 4.69) is 14.5 Å². The molecule has 1 atom stereocenters. The Morgan fingerprint density at radius 2 is 2.13 bits per heavy atom. The monoisotopic (exact) mass is 339 g/mol. The number of aryl methyl sites for hydroxylation is 1. The Morgan fingerprint density at radius 1 is 1.35 bits per heavy atom. The third-order valence-electron chi connectivity index (χ3n) is 3.69. The fourth-order valence-electron chi connectivity index (χ4n) is 2.69. The Hall–Kier alpha value is -1.36. The van der Waals surface area contributed by atoms with Crippen molar-refractivity contribution in [2.24, 2.45) is 0 Å². The van der Waals surface area contributed by atoms with Gasteiger partial charge in [0.15, 0.2) is 0 Å². The maximum Gasteiger partial charge on any atom is 0.331 e. The van der Waals surface area contributed by atoms with E-state index >= 15 is 0 Å². The lowest BCUT2D eigenvalue weighted by molar-refractivity contribution is 0.218. The summed E-state index contributed by atoms with van der Waals surface area (Å²) in [5, 5.41) is 0. The highest BCUT2D eigenvalue weighted by Crippen LogP contribution is 2.51. The van der Waals surface area contributed by atoms with Gasteiger partial charge in [-0.05, 0) is 38.8 Å². The fourth-order valence-corrected chi connectivity index (χ4v) is 4.68. The molecule has 23 heavy (non-hydrogen) atoms. The van der Waals surface area contributed by atoms with Gasteiger partial charge in [-0.25, -0.2) is 4.98 Å². The molecule has 0 aromatic carbocycles. The van der Waals surface area contributed by atoms with Crippen LogP contribution in [0.15, 0.2) is 37.1 Å². The maximum atomic E-state index is 12.8. The van der Waals surface area contributed by atoms with Crippen LogP contribution in [0.4, 0.5) is 0 Å². The van der Waals surface area contributed by atoms with Gasteiger partial charge in [-0.1, -0.05) is 0 Å². The van der Waals surface area contributed by atoms with Gasteiger partial charge < -0.3 is 18.6 Å². The van der Waals surface area contributed by atoms with Gasteiger partial charge in [0.2, 0.25) is 0 Å². The predicted octanol–water partition coefficient (Wildman–Crippen LogP) is 4.04. The third kappa shape index (κ3) is 5.65. The van der Waals surface area contributed by atoms with Crippen molar-refractivity contribution in [3.05, 3.63) is 42.7 Å². The molecule has 0 bridgehead atoms. The molecule has 2 aromatic rings. The van der Waals surface area contributed by atoms with Crippen LogP contribution in [0.1, 0.15) is 38.3 Å². The van der Waals surface area contributed by atoms with Crippen molar-refractivity contribution in [1.82, 2.24) is 14.5 Å². The molecule has 7 heteroatoms. The number of nitrogens with zero attached hydrogens (tertiary/aromatic N) is 2. The van der Waals surface area contributed by atoms with Gasteiger partial charge in [-0.3, -0.25) is 4.57 Å². The molecular weight excluding hydrogens is 313 g/mol. The van der Waals surface area contributed by atoms with Crippen molar-refractivity contribution >= 4 is 7.60 Å². The van der Waals surface area contributed by atoms with E-state index in [0.29, 0.717) is 19.4 Å². The van der Waals surface area contributed by atoms with Crippen LogP contribution < -0.4 is 0 Å². The predicted molar refractivity (Wildman–Crippen MR) is 90.7 cm³/mol. The van der Waals surface area contributed by atoms with E-state index < -0.39 is 7.60 Å². The Morgan fingerprint density at radius 3 is 2.70 bits per heavy atom. The molecule has 2 heterocycles. The summed E-state index contributed by atoms with van der Waals surface area (Å²) >= 11 is 0. The molecule has 0 fully saturated rings. The van der Waals surface area contributed by atoms with E-state index in [-0.39, 0.29) is 5.92 Å². The van der Waals surface area contributed by atoms with E-state index in [4.69, 9.17) is 9.05 Å². The number of aromatic nitrogens is 3. The lowest BCUT2D eigenvalue weighted by Gasteiger charge is -2.23. The molecule has 0 aliphatic carbocycles. The molecule has 0 aliphatic rings. The van der Waals surface area contributed by atoms with Gasteiger partial charge in [0.1, 0.15) is 0 Å². The molecule has 128 valence electrons. The molecule has 0 amide bonds. The minimum Gasteiger partial charge on any atom is -0.365 e. The minimum atomic E-state index is -3.06. The number of H-pyrrole nitrogens is 1. The first kappa shape index (κ1) is 18.0. The van der Waals surface area contributed by atoms with Crippen LogP contribution in [0.3, 0.4) is 0 Å². The average Bonchev–Trinajstić information content (AvgIpc) is 3.20. The van der Waals surface area contributed by atoms with Gasteiger partial charge in [0, 0.05) is 36.7 Å². The largest absolute Gasteiger partial charge is 0.365 e. The Labute approximate surface area is 137 Å². The number of imidazole rings is 1. The van der Waals surface area contributed by atoms with Crippen molar-refractivity contribution in [1.29, 1.82) is 0 Å². The van der Waals surface area contributed by atoms with Crippen LogP contribution in [0.5, 0.6) is 0 Å². The zero-order valence-corrected chi connectivity index (χ0v) is 14.7. The third-order valence-corrected chi connectivity index (χ3v) is 5.88. The number of rotatable bonds is 11. The Balaban J connectivity index is 2.00. The second-order valence-corrected chi connectivity index (χ2v) is 7.50. The van der Waals surface area contributed by atoms with Gasteiger partial charge in [0.05, 0.1) is 25.7 Å². The zero-order valence-electron chi connectivity index (χ0n) is 13.9. The first-order valence-electron chi connectivity index (χ1n) is 8.14. The second kappa shape index (κ2) is 9.06. The van der Waals surface area contributed by atoms with Crippen LogP contribution in [0.25, 0.3) is 0 Å². The SMILES string of the molecule is CCOP(=O)(CC(CCCn1ccnc1)c1ccc[nH]1)OCC. The molecule has 0 radical (unpaired) electrons. The van der Waals surface area contributed by atoms with E-state index in [1.807, 2.05) is 44.7 Å². The molecule has 0 aliphatic heterocycles. The number of hydrogen-bond donors (Lipinski definition) is 1. The van der Waals surface area contributed by atoms with Crippen molar-refractivity contribution in [3.8, 4) is 0 Å². The lowest BCUT2D eigenvalue weighted by atomic mass is 10.0. The quantitative estimate of drug-likeness (QED) is 0.627. The van der Waals surface area contributed by atoms with E-state index in [1.165, 1.54) is 0 Å². The first-order chi connectivity index (χ1) is 11.2. The normalized spacial score (nSPS) is 13.3. The van der Waals surface area contributed by atoms with Crippen LogP contribution in [-0.4, -0.2) is 33.9 Å². The minimum absolute atomic E-state index is 0.123. The van der Waals surface area contributed by atoms with Crippen molar-refractivity contribution in [3.63, 3.8) is 0 Å². The topological polar surface area (TPSA) is 69.1 Å². The highest BCUT2D eigenvalue weighted by molar-refractivity contribution is 7.53. The smallest absolute Gasteiger partial charge is 0.331 e. The van der Waals surface area contributed by atoms with Crippen LogP contribution in [-0.2, 0) is 20.2 Å². The van der Waals surface area contributed by atoms with Crippen molar-refractivity contribution in [2.75, 3.05) is 19.4 Å². The molecule has 0 saturated heterocycles. The highest BCUT2D eigenvalue weighted by Gasteiger charge is 2.29. The van der Waals surface area contributed by atoms with Crippen LogP contribution >= 0.6 is 7.60 Å². The molecular formula is C16H26N3O3P. The average molecular weight is 339 g/mol. The summed E-state index contributed by atoms with van der Waals surface area (Å²) in [6.07, 6.45) is 9.72.